The molecule has 8 nitrogen and oxygen atoms in total. The van der Waals surface area contributed by atoms with Gasteiger partial charge in [0.05, 0.1) is 40.3 Å². The van der Waals surface area contributed by atoms with Gasteiger partial charge in [-0.25, -0.2) is 0 Å². The summed E-state index contributed by atoms with van der Waals surface area (Å²) in [6.07, 6.45) is 36.6. The Labute approximate surface area is 320 Å². The Hall–Kier alpha value is -1.93. The molecular formula is C44H83NO7. The summed E-state index contributed by atoms with van der Waals surface area (Å²) in [4.78, 5) is 36.8. The average molecular weight is 738 g/mol. The molecule has 0 rings (SSSR count). The van der Waals surface area contributed by atoms with Gasteiger partial charge in [-0.1, -0.05) is 154 Å². The summed E-state index contributed by atoms with van der Waals surface area (Å²) in [6, 6.07) is -0.721. The smallest absolute Gasteiger partial charge is 0.306 e. The fraction of sp³-hybridized carbons (Fsp3) is 0.886. The molecule has 0 aliphatic rings. The summed E-state index contributed by atoms with van der Waals surface area (Å²) < 4.78 is 17.1. The number of carboxylic acids is 1. The molecule has 0 fully saturated rings. The van der Waals surface area contributed by atoms with E-state index in [1.54, 1.807) is 21.1 Å². The third-order valence-corrected chi connectivity index (χ3v) is 9.90. The van der Waals surface area contributed by atoms with Crippen LogP contribution in [0.1, 0.15) is 200 Å². The number of likely N-dealkylation sites (N-methyl/N-ethyl adjacent to an activating group) is 1. The van der Waals surface area contributed by atoms with Crippen LogP contribution in [0, 0.1) is 0 Å². The maximum absolute atomic E-state index is 12.7. The molecule has 52 heavy (non-hydrogen) atoms. The Bertz CT molecular complexity index is 869. The van der Waals surface area contributed by atoms with Crippen molar-refractivity contribution in [1.82, 2.24) is 0 Å². The van der Waals surface area contributed by atoms with Crippen molar-refractivity contribution in [2.45, 2.75) is 212 Å². The van der Waals surface area contributed by atoms with Crippen molar-refractivity contribution in [3.63, 3.8) is 0 Å². The number of unbranched alkanes of at least 4 members (excludes halogenated alkanes) is 23. The van der Waals surface area contributed by atoms with Crippen molar-refractivity contribution < 1.29 is 38.2 Å². The van der Waals surface area contributed by atoms with Crippen molar-refractivity contribution in [2.75, 3.05) is 41.0 Å². The van der Waals surface area contributed by atoms with E-state index in [0.717, 1.165) is 38.5 Å². The molecule has 0 spiro atoms. The quantitative estimate of drug-likeness (QED) is 0.0268. The SMILES string of the molecule is CCCCCCCC/C=C/CCCCCCCCCC(=O)OCC(COCCC(C(=O)[O-])[N+](C)(C)C)OC(=O)CCCCCCCCCCCCC. The number of quaternary nitrogens is 1. The topological polar surface area (TPSA) is 102 Å². The molecule has 8 heteroatoms. The molecular weight excluding hydrogens is 654 g/mol. The minimum atomic E-state index is -1.12. The molecule has 0 amide bonds. The second kappa shape index (κ2) is 36.1. The fourth-order valence-corrected chi connectivity index (χ4v) is 6.48. The lowest BCUT2D eigenvalue weighted by molar-refractivity contribution is -0.889. The van der Waals surface area contributed by atoms with E-state index >= 15 is 0 Å². The summed E-state index contributed by atoms with van der Waals surface area (Å²) in [5, 5.41) is 11.6. The van der Waals surface area contributed by atoms with E-state index in [2.05, 4.69) is 26.0 Å². The van der Waals surface area contributed by atoms with E-state index in [1.165, 1.54) is 128 Å². The lowest BCUT2D eigenvalue weighted by atomic mass is 10.1. The van der Waals surface area contributed by atoms with Crippen molar-refractivity contribution >= 4 is 17.9 Å². The molecule has 0 aliphatic carbocycles. The second-order valence-corrected chi connectivity index (χ2v) is 15.9. The van der Waals surface area contributed by atoms with Crippen LogP contribution in [0.5, 0.6) is 0 Å². The number of hydrogen-bond donors (Lipinski definition) is 0. The van der Waals surface area contributed by atoms with Crippen LogP contribution in [-0.4, -0.2) is 75.5 Å². The molecule has 0 saturated heterocycles. The van der Waals surface area contributed by atoms with Crippen molar-refractivity contribution in [2.24, 2.45) is 0 Å². The molecule has 0 aromatic heterocycles. The Morgan fingerprint density at radius 3 is 1.38 bits per heavy atom. The third kappa shape index (κ3) is 33.9. The molecule has 306 valence electrons. The van der Waals surface area contributed by atoms with Crippen LogP contribution in [0.4, 0.5) is 0 Å². The van der Waals surface area contributed by atoms with Crippen LogP contribution in [0.3, 0.4) is 0 Å². The molecule has 2 atom stereocenters. The summed E-state index contributed by atoms with van der Waals surface area (Å²) in [7, 11) is 5.41. The lowest BCUT2D eigenvalue weighted by Gasteiger charge is -2.34. The fourth-order valence-electron chi connectivity index (χ4n) is 6.48. The van der Waals surface area contributed by atoms with Crippen LogP contribution in [0.15, 0.2) is 12.2 Å². The molecule has 0 N–H and O–H groups in total. The summed E-state index contributed by atoms with van der Waals surface area (Å²) in [6.45, 7) is 4.66. The predicted molar refractivity (Wildman–Crippen MR) is 213 cm³/mol. The Kier molecular flexibility index (Phi) is 34.7. The van der Waals surface area contributed by atoms with Crippen LogP contribution >= 0.6 is 0 Å². The van der Waals surface area contributed by atoms with Crippen LogP contribution in [-0.2, 0) is 28.6 Å². The first-order valence-electron chi connectivity index (χ1n) is 21.7. The molecule has 0 aromatic carbocycles. The van der Waals surface area contributed by atoms with Gasteiger partial charge < -0.3 is 28.6 Å². The van der Waals surface area contributed by atoms with Gasteiger partial charge in [0.25, 0.3) is 0 Å². The normalized spacial score (nSPS) is 13.0. The average Bonchev–Trinajstić information content (AvgIpc) is 3.09. The van der Waals surface area contributed by atoms with E-state index in [4.69, 9.17) is 14.2 Å². The first kappa shape index (κ1) is 50.1. The highest BCUT2D eigenvalue weighted by atomic mass is 16.6. The highest BCUT2D eigenvalue weighted by molar-refractivity contribution is 5.70. The largest absolute Gasteiger partial charge is 0.544 e. The van der Waals surface area contributed by atoms with Gasteiger partial charge in [-0.3, -0.25) is 9.59 Å². The molecule has 0 heterocycles. The number of esters is 2. The van der Waals surface area contributed by atoms with Gasteiger partial charge in [0.15, 0.2) is 6.10 Å². The maximum atomic E-state index is 12.7. The van der Waals surface area contributed by atoms with Gasteiger partial charge in [-0.2, -0.15) is 0 Å². The number of carbonyl (C=O) groups excluding carboxylic acids is 3. The summed E-state index contributed by atoms with van der Waals surface area (Å²) >= 11 is 0. The lowest BCUT2D eigenvalue weighted by Crippen LogP contribution is -2.55. The number of hydrogen-bond acceptors (Lipinski definition) is 7. The summed E-state index contributed by atoms with van der Waals surface area (Å²) in [5.41, 5.74) is 0. The van der Waals surface area contributed by atoms with Gasteiger partial charge in [0.2, 0.25) is 0 Å². The predicted octanol–water partition coefficient (Wildman–Crippen LogP) is 10.2. The highest BCUT2D eigenvalue weighted by Gasteiger charge is 2.25. The summed E-state index contributed by atoms with van der Waals surface area (Å²) in [5.74, 6) is -1.73. The Morgan fingerprint density at radius 1 is 0.558 bits per heavy atom. The highest BCUT2D eigenvalue weighted by Crippen LogP contribution is 2.15. The number of allylic oxidation sites excluding steroid dienone is 2. The van der Waals surface area contributed by atoms with Crippen molar-refractivity contribution in [3.8, 4) is 0 Å². The van der Waals surface area contributed by atoms with Crippen LogP contribution < -0.4 is 5.11 Å². The monoisotopic (exact) mass is 738 g/mol. The first-order chi connectivity index (χ1) is 25.1. The van der Waals surface area contributed by atoms with Gasteiger partial charge in [0.1, 0.15) is 12.6 Å². The minimum Gasteiger partial charge on any atom is -0.544 e. The zero-order valence-corrected chi connectivity index (χ0v) is 34.7. The molecule has 0 aliphatic heterocycles. The van der Waals surface area contributed by atoms with E-state index < -0.39 is 18.1 Å². The van der Waals surface area contributed by atoms with Crippen LogP contribution in [0.25, 0.3) is 0 Å². The number of carboxylic acid groups (broad SMARTS) is 1. The van der Waals surface area contributed by atoms with Crippen molar-refractivity contribution in [1.29, 1.82) is 0 Å². The zero-order chi connectivity index (χ0) is 38.5. The number of ether oxygens (including phenoxy) is 3. The maximum Gasteiger partial charge on any atom is 0.306 e. The third-order valence-electron chi connectivity index (χ3n) is 9.90. The second-order valence-electron chi connectivity index (χ2n) is 15.9. The van der Waals surface area contributed by atoms with E-state index in [1.807, 2.05) is 0 Å². The van der Waals surface area contributed by atoms with Gasteiger partial charge in [-0.05, 0) is 38.5 Å². The zero-order valence-electron chi connectivity index (χ0n) is 34.7. The molecule has 0 bridgehead atoms. The molecule has 2 unspecified atom stereocenters. The van der Waals surface area contributed by atoms with E-state index in [9.17, 15) is 19.5 Å². The molecule has 0 radical (unpaired) electrons. The Morgan fingerprint density at radius 2 is 0.962 bits per heavy atom. The number of aliphatic carboxylic acids is 1. The minimum absolute atomic E-state index is 0.0447. The van der Waals surface area contributed by atoms with E-state index in [-0.39, 0.29) is 42.7 Å². The van der Waals surface area contributed by atoms with Crippen LogP contribution in [0.2, 0.25) is 0 Å². The number of carbonyl (C=O) groups is 3. The van der Waals surface area contributed by atoms with Gasteiger partial charge >= 0.3 is 11.9 Å². The standard InChI is InChI=1S/C44H83NO7/c1-6-8-10-12-14-16-18-19-20-21-22-23-25-26-28-30-32-34-42(46)51-39-40(38-50-37-36-41(44(48)49)45(3,4)5)52-43(47)35-33-31-29-27-24-17-15-13-11-9-7-2/h19-20,40-41H,6-18,21-39H2,1-5H3/b20-19+. The Balaban J connectivity index is 4.30. The van der Waals surface area contributed by atoms with Gasteiger partial charge in [-0.15, -0.1) is 0 Å². The van der Waals surface area contributed by atoms with Crippen molar-refractivity contribution in [3.05, 3.63) is 12.2 Å². The first-order valence-corrected chi connectivity index (χ1v) is 21.7. The van der Waals surface area contributed by atoms with E-state index in [0.29, 0.717) is 12.8 Å². The molecule has 0 aromatic rings. The molecule has 0 saturated carbocycles. The number of rotatable bonds is 39. The number of nitrogens with zero attached hydrogens (tertiary/aromatic N) is 1. The van der Waals surface area contributed by atoms with Gasteiger partial charge in [0, 0.05) is 19.3 Å².